The molecule has 6 aromatic carbocycles. The lowest BCUT2D eigenvalue weighted by Crippen LogP contribution is -2.48. The molecule has 6 saturated heterocycles. The van der Waals surface area contributed by atoms with Crippen molar-refractivity contribution in [2.24, 2.45) is 23.5 Å². The van der Waals surface area contributed by atoms with Crippen molar-refractivity contribution in [2.45, 2.75) is 231 Å². The topological polar surface area (TPSA) is 385 Å². The molecule has 9 atom stereocenters. The van der Waals surface area contributed by atoms with Crippen LogP contribution in [-0.2, 0) is 40.5 Å². The Hall–Kier alpha value is -9.49. The Balaban J connectivity index is 0.000000286. The molecule has 6 aliphatic heterocycles. The van der Waals surface area contributed by atoms with Crippen LogP contribution >= 0.6 is 35.9 Å². The summed E-state index contributed by atoms with van der Waals surface area (Å²) in [5.74, 6) is 5.16. The van der Waals surface area contributed by atoms with Gasteiger partial charge >= 0.3 is 12.2 Å². The molecule has 34 heteroatoms. The molecule has 31 nitrogen and oxygen atoms in total. The van der Waals surface area contributed by atoms with Crippen molar-refractivity contribution in [3.63, 3.8) is 0 Å². The highest BCUT2D eigenvalue weighted by atomic mass is 35.5. The molecule has 0 aromatic heterocycles. The lowest BCUT2D eigenvalue weighted by Gasteiger charge is -2.45. The van der Waals surface area contributed by atoms with Gasteiger partial charge in [0.15, 0.2) is 11.6 Å². The predicted octanol–water partition coefficient (Wildman–Crippen LogP) is 19.3. The summed E-state index contributed by atoms with van der Waals surface area (Å²) >= 11 is 2.76. The fourth-order valence-electron chi connectivity index (χ4n) is 18.1. The van der Waals surface area contributed by atoms with E-state index >= 15 is 0 Å². The van der Waals surface area contributed by atoms with Crippen LogP contribution < -0.4 is 41.2 Å². The van der Waals surface area contributed by atoms with Gasteiger partial charge in [-0.15, -0.1) is 35.9 Å². The average molecular weight is 1970 g/mol. The number of rotatable bonds is 38. The van der Waals surface area contributed by atoms with Gasteiger partial charge in [-0.2, -0.15) is 0 Å². The van der Waals surface area contributed by atoms with E-state index in [-0.39, 0.29) is 66.7 Å². The third-order valence-electron chi connectivity index (χ3n) is 24.9. The number of benzene rings is 6. The maximum Gasteiger partial charge on any atom is 0.407 e. The number of para-hydroxylation sites is 6. The third kappa shape index (κ3) is 37.6. The Bertz CT molecular complexity index is 4760. The molecule has 6 aliphatic rings. The number of aryl methyl sites for hydroxylation is 3. The van der Waals surface area contributed by atoms with Gasteiger partial charge in [-0.05, 0) is 257 Å². The van der Waals surface area contributed by atoms with Crippen molar-refractivity contribution >= 4 is 48.1 Å². The minimum atomic E-state index is -1.25. The van der Waals surface area contributed by atoms with Crippen LogP contribution in [0.4, 0.5) is 9.59 Å². The van der Waals surface area contributed by atoms with Gasteiger partial charge in [-0.25, -0.2) is 9.59 Å². The van der Waals surface area contributed by atoms with Gasteiger partial charge in [0.05, 0.1) is 37.6 Å². The zero-order valence-corrected chi connectivity index (χ0v) is 84.6. The molecule has 0 aliphatic carbocycles. The van der Waals surface area contributed by atoms with Crippen LogP contribution in [0.25, 0.3) is 0 Å². The van der Waals surface area contributed by atoms with E-state index in [1.807, 2.05) is 235 Å². The summed E-state index contributed by atoms with van der Waals surface area (Å²) < 4.78 is 46.2. The Morgan fingerprint density at radius 2 is 0.788 bits per heavy atom. The number of aliphatic hydroxyl groups is 3. The zero-order chi connectivity index (χ0) is 98.1. The van der Waals surface area contributed by atoms with Crippen molar-refractivity contribution < 1.29 is 77.6 Å². The van der Waals surface area contributed by atoms with Gasteiger partial charge in [0.1, 0.15) is 49.9 Å². The second kappa shape index (κ2) is 58.5. The van der Waals surface area contributed by atoms with Crippen molar-refractivity contribution in [3.8, 4) is 34.5 Å². The van der Waals surface area contributed by atoms with E-state index in [2.05, 4.69) is 26.2 Å². The molecule has 0 spiro atoms. The summed E-state index contributed by atoms with van der Waals surface area (Å²) in [5.41, 5.74) is 7.20. The van der Waals surface area contributed by atoms with E-state index in [9.17, 15) is 55.3 Å². The number of carbonyl (C=O) groups excluding carboxylic acids is 2. The molecule has 0 unspecified atom stereocenters. The molecule has 9 N–H and O–H groups in total. The van der Waals surface area contributed by atoms with Crippen LogP contribution in [0, 0.1) is 68.9 Å². The summed E-state index contributed by atoms with van der Waals surface area (Å²) in [4.78, 5) is 63.8. The maximum absolute atomic E-state index is 12.7. The number of unbranched alkanes of at least 4 members (excludes halogenated alkanes) is 3. The van der Waals surface area contributed by atoms with Crippen molar-refractivity contribution in [1.82, 2.24) is 40.9 Å². The van der Waals surface area contributed by atoms with E-state index in [0.29, 0.717) is 120 Å². The number of alkyl carbamates (subject to hydrolysis) is 2. The number of nitro groups is 3. The monoisotopic (exact) mass is 1960 g/mol. The number of likely N-dealkylation sites (tertiary alicyclic amines) is 4. The van der Waals surface area contributed by atoms with Gasteiger partial charge in [-0.1, -0.05) is 117 Å². The number of ether oxygens (including phenoxy) is 8. The zero-order valence-electron chi connectivity index (χ0n) is 82.2. The molecule has 2 amide bonds. The first kappa shape index (κ1) is 116. The van der Waals surface area contributed by atoms with Crippen LogP contribution in [-0.4, -0.2) is 223 Å². The first-order valence-corrected chi connectivity index (χ1v) is 49.9. The number of hydrogen-bond acceptors (Lipinski definition) is 28. The number of thioether (sulfide) groups is 2. The summed E-state index contributed by atoms with van der Waals surface area (Å²) in [6, 6.07) is 47.0. The largest absolute Gasteiger partial charge is 0.457 e. The standard InChI is InChI=1S/C35H50N4O7.C30H42N4O5.C24H33NO3.C9H18N2O2.C4H7NO2S2.CH4.ClH/c1-26-13-6-8-16-30(26)45-31-17-9-7-15-29(31)35(41,19-10-11-22-44-5)27-14-12-20-37(23-27)32(25-39(42)43)38-21-18-28(24-38)36-33(40)46-34(2,3)4;1-23-10-3-5-13-27(23)39-28-14-6-4-12-26(28)30(35,16-7-8-19-38-2)24-11-9-17-32(20-24)29(22-34(36)37)33-18-15-25(31)21-33;1-19-10-3-5-13-22(19)28-23-14-6-4-12-21(23)24(26,15-7-8-17-27-2)20-11-9-16-25-18-20;1-9(2,3)13-8(12)11-7-4-5-10-6-7;1-8-4(9-2)3-5(6)7;;/h6-9,13,15-17,25,27-28,41H,10-12,14,18-24H2,1-5H3,(H,36,40);3-6,10,12-14,22,24-25,35H,7-9,11,15-21,31H2,1-2H3;3-6,10,12-14,20,25-26H,7-9,11,15-18H2,1-2H3;7,10H,4-6H2,1-3H3,(H,11,12);3H,1-2H3;1H4;1H/t27-,28+,35+;24-,25+,30+;20-,24+;7-;;;/m1110.../s1. The number of methoxy groups -OCH3 is 3. The van der Waals surface area contributed by atoms with Gasteiger partial charge in [-0.3, -0.25) is 30.3 Å². The molecular formula is C103H155ClN12O19S2. The first-order valence-electron chi connectivity index (χ1n) is 47.5. The second-order valence-electron chi connectivity index (χ2n) is 37.4. The van der Waals surface area contributed by atoms with Crippen LogP contribution in [0.1, 0.15) is 198 Å². The summed E-state index contributed by atoms with van der Waals surface area (Å²) in [5, 5.41) is 83.0. The Morgan fingerprint density at radius 1 is 0.445 bits per heavy atom. The predicted molar refractivity (Wildman–Crippen MR) is 547 cm³/mol. The van der Waals surface area contributed by atoms with Crippen LogP contribution in [0.15, 0.2) is 180 Å². The number of halogens is 1. The summed E-state index contributed by atoms with van der Waals surface area (Å²) in [7, 11) is 5.08. The smallest absolute Gasteiger partial charge is 0.407 e. The number of piperidine rings is 3. The normalized spacial score (nSPS) is 19.6. The van der Waals surface area contributed by atoms with Crippen molar-refractivity contribution in [3.05, 3.63) is 244 Å². The first-order chi connectivity index (χ1) is 64.5. The molecule has 137 heavy (non-hydrogen) atoms. The average Bonchev–Trinajstić information content (AvgIpc) is 1.49. The fraction of sp³-hybridized carbons (Fsp3) is 0.573. The summed E-state index contributed by atoms with van der Waals surface area (Å²) in [6.45, 7) is 27.2. The van der Waals surface area contributed by atoms with E-state index in [1.54, 1.807) is 21.3 Å². The van der Waals surface area contributed by atoms with Crippen LogP contribution in [0.2, 0.25) is 0 Å². The third-order valence-corrected chi connectivity index (χ3v) is 26.9. The number of amides is 2. The maximum atomic E-state index is 12.7. The highest BCUT2D eigenvalue weighted by Gasteiger charge is 2.47. The van der Waals surface area contributed by atoms with Gasteiger partial charge in [0.25, 0.3) is 18.6 Å². The quantitative estimate of drug-likeness (QED) is 0.0101. The Morgan fingerprint density at radius 3 is 1.12 bits per heavy atom. The van der Waals surface area contributed by atoms with Crippen molar-refractivity contribution in [1.29, 1.82) is 0 Å². The van der Waals surface area contributed by atoms with Crippen LogP contribution in [0.3, 0.4) is 0 Å². The van der Waals surface area contributed by atoms with E-state index in [0.717, 1.165) is 196 Å². The lowest BCUT2D eigenvalue weighted by molar-refractivity contribution is -0.405. The highest BCUT2D eigenvalue weighted by Crippen LogP contribution is 2.49. The SMILES string of the molecule is C.CC(C)(C)OC(=O)N[C@H]1CCNC1.COCCCC[C@@](O)(c1ccccc1Oc1ccccc1C)[C@@H]1CCCN(C(=C[N+](=O)[O-])N2CC[C@H](N)C2)C1.COCCCC[C@@](O)(c1ccccc1Oc1ccccc1C)[C@@H]1CCCN(C(=C[N+](=O)[O-])N2CC[C@H](NC(=O)OC(C)(C)C)C2)C1.COCCCC[C@@](O)(c1ccccc1Oc1ccccc1C)[C@@H]1CCCNC1.CSC(=C[N+](=O)[O-])SC.Cl. The highest BCUT2D eigenvalue weighted by molar-refractivity contribution is 8.21. The number of carbonyl (C=O) groups is 2. The molecule has 6 fully saturated rings. The number of nitrogens with one attached hydrogen (secondary N) is 4. The minimum Gasteiger partial charge on any atom is -0.457 e. The molecule has 0 saturated carbocycles. The van der Waals surface area contributed by atoms with Crippen LogP contribution in [0.5, 0.6) is 34.5 Å². The minimum absolute atomic E-state index is 0. The molecule has 6 aromatic rings. The fourth-order valence-corrected chi connectivity index (χ4v) is 19.2. The number of nitrogens with zero attached hydrogens (tertiary/aromatic N) is 7. The molecule has 0 radical (unpaired) electrons. The van der Waals surface area contributed by atoms with E-state index < -0.39 is 43.9 Å². The molecular weight excluding hydrogens is 1810 g/mol. The lowest BCUT2D eigenvalue weighted by atomic mass is 9.73. The van der Waals surface area contributed by atoms with Crippen molar-refractivity contribution in [2.75, 3.05) is 132 Å². The summed E-state index contributed by atoms with van der Waals surface area (Å²) in [6.07, 6.45) is 20.4. The van der Waals surface area contributed by atoms with Gasteiger partial charge in [0, 0.05) is 153 Å². The molecule has 12 rings (SSSR count). The van der Waals surface area contributed by atoms with E-state index in [4.69, 9.17) is 43.6 Å². The Kier molecular flexibility index (Phi) is 49.7. The number of hydrogen-bond donors (Lipinski definition) is 8. The van der Waals surface area contributed by atoms with Gasteiger partial charge < -0.3 is 99.8 Å². The molecule has 0 bridgehead atoms. The van der Waals surface area contributed by atoms with E-state index in [1.165, 1.54) is 23.5 Å². The van der Waals surface area contributed by atoms with Gasteiger partial charge in [0.2, 0.25) is 0 Å². The molecule has 760 valence electrons. The Labute approximate surface area is 827 Å². The molecule has 6 heterocycles. The second-order valence-corrected chi connectivity index (χ2v) is 39.4. The number of nitrogens with two attached hydrogens (primary N) is 1.